The van der Waals surface area contributed by atoms with Crippen molar-refractivity contribution in [1.82, 2.24) is 0 Å². The highest BCUT2D eigenvalue weighted by Gasteiger charge is 2.60. The zero-order valence-electron chi connectivity index (χ0n) is 6.48. The summed E-state index contributed by atoms with van der Waals surface area (Å²) in [5, 5.41) is 0. The maximum atomic E-state index is 12.3. The van der Waals surface area contributed by atoms with Crippen LogP contribution in [-0.4, -0.2) is 38.9 Å². The van der Waals surface area contributed by atoms with Crippen molar-refractivity contribution in [3.05, 3.63) is 0 Å². The van der Waals surface area contributed by atoms with Crippen LogP contribution in [0.3, 0.4) is 0 Å². The minimum Gasteiger partial charge on any atom is -0.379 e. The number of hydrogen-bond donors (Lipinski definition) is 0. The van der Waals surface area contributed by atoms with Gasteiger partial charge in [0.15, 0.2) is 0 Å². The Balaban J connectivity index is 2.72. The van der Waals surface area contributed by atoms with Crippen LogP contribution in [0.4, 0.5) is 13.2 Å². The lowest BCUT2D eigenvalue weighted by Gasteiger charge is -2.28. The molecule has 0 atom stereocenters. The highest BCUT2D eigenvalue weighted by Crippen LogP contribution is 2.37. The first kappa shape index (κ1) is 9.76. The van der Waals surface area contributed by atoms with Gasteiger partial charge >= 0.3 is 6.18 Å². The quantitative estimate of drug-likeness (QED) is 0.642. The monoisotopic (exact) mass is 186 g/mol. The molecule has 0 aromatic heterocycles. The molecule has 1 rings (SSSR count). The smallest absolute Gasteiger partial charge is 0.379 e. The van der Waals surface area contributed by atoms with E-state index >= 15 is 0 Å². The van der Waals surface area contributed by atoms with E-state index in [9.17, 15) is 13.2 Å². The van der Waals surface area contributed by atoms with Crippen molar-refractivity contribution in [2.45, 2.75) is 12.0 Å². The van der Waals surface area contributed by atoms with Gasteiger partial charge in [-0.1, -0.05) is 0 Å². The van der Waals surface area contributed by atoms with Crippen molar-refractivity contribution in [3.63, 3.8) is 0 Å². The van der Waals surface area contributed by atoms with E-state index in [0.29, 0.717) is 0 Å². The molecule has 1 aliphatic rings. The van der Waals surface area contributed by atoms with Gasteiger partial charge in [0.25, 0.3) is 5.79 Å². The fourth-order valence-electron chi connectivity index (χ4n) is 0.974. The SMILES string of the molecule is COCC1(C(F)(F)F)OCCO1. The molecular formula is C6H9F3O3. The maximum Gasteiger partial charge on any atom is 0.445 e. The van der Waals surface area contributed by atoms with E-state index in [4.69, 9.17) is 0 Å². The number of ether oxygens (including phenoxy) is 3. The van der Waals surface area contributed by atoms with Gasteiger partial charge < -0.3 is 14.2 Å². The number of rotatable bonds is 2. The van der Waals surface area contributed by atoms with E-state index in [-0.39, 0.29) is 13.2 Å². The van der Waals surface area contributed by atoms with Crippen LogP contribution in [0.1, 0.15) is 0 Å². The van der Waals surface area contributed by atoms with Crippen LogP contribution in [0.2, 0.25) is 0 Å². The second kappa shape index (κ2) is 3.20. The van der Waals surface area contributed by atoms with Crippen molar-refractivity contribution in [3.8, 4) is 0 Å². The molecule has 6 heteroatoms. The topological polar surface area (TPSA) is 27.7 Å². The first-order valence-electron chi connectivity index (χ1n) is 3.35. The third kappa shape index (κ3) is 1.55. The lowest BCUT2D eigenvalue weighted by atomic mass is 10.3. The van der Waals surface area contributed by atoms with Crippen LogP contribution in [-0.2, 0) is 14.2 Å². The average molecular weight is 186 g/mol. The molecule has 0 N–H and O–H groups in total. The standard InChI is InChI=1S/C6H9F3O3/c1-10-4-5(6(7,8)9)11-2-3-12-5/h2-4H2,1H3. The van der Waals surface area contributed by atoms with E-state index < -0.39 is 18.6 Å². The molecule has 0 amide bonds. The second-order valence-corrected chi connectivity index (χ2v) is 2.38. The lowest BCUT2D eigenvalue weighted by Crippen LogP contribution is -2.50. The molecule has 1 heterocycles. The molecule has 0 saturated carbocycles. The summed E-state index contributed by atoms with van der Waals surface area (Å²) in [4.78, 5) is 0. The van der Waals surface area contributed by atoms with Gasteiger partial charge in [-0.15, -0.1) is 0 Å². The number of alkyl halides is 3. The highest BCUT2D eigenvalue weighted by atomic mass is 19.4. The van der Waals surface area contributed by atoms with Crippen molar-refractivity contribution in [1.29, 1.82) is 0 Å². The second-order valence-electron chi connectivity index (χ2n) is 2.38. The zero-order valence-corrected chi connectivity index (χ0v) is 6.48. The lowest BCUT2D eigenvalue weighted by molar-refractivity contribution is -0.354. The van der Waals surface area contributed by atoms with Crippen molar-refractivity contribution in [2.75, 3.05) is 26.9 Å². The van der Waals surface area contributed by atoms with Crippen molar-refractivity contribution >= 4 is 0 Å². The summed E-state index contributed by atoms with van der Waals surface area (Å²) in [6.07, 6.45) is -4.54. The fraction of sp³-hybridized carbons (Fsp3) is 1.00. The zero-order chi connectivity index (χ0) is 9.24. The molecule has 0 aromatic rings. The predicted octanol–water partition coefficient (Wildman–Crippen LogP) is 0.938. The van der Waals surface area contributed by atoms with Crippen LogP contribution < -0.4 is 0 Å². The summed E-state index contributed by atoms with van der Waals surface area (Å²) in [5.74, 6) is -2.54. The third-order valence-electron chi connectivity index (χ3n) is 1.52. The summed E-state index contributed by atoms with van der Waals surface area (Å²) >= 11 is 0. The van der Waals surface area contributed by atoms with E-state index in [1.807, 2.05) is 0 Å². The maximum absolute atomic E-state index is 12.3. The van der Waals surface area contributed by atoms with Crippen LogP contribution in [0.5, 0.6) is 0 Å². The summed E-state index contributed by atoms with van der Waals surface area (Å²) in [5.41, 5.74) is 0. The summed E-state index contributed by atoms with van der Waals surface area (Å²) < 4.78 is 50.2. The van der Waals surface area contributed by atoms with Gasteiger partial charge in [-0.25, -0.2) is 0 Å². The molecule has 0 bridgehead atoms. The molecule has 1 aliphatic heterocycles. The van der Waals surface area contributed by atoms with E-state index in [1.165, 1.54) is 7.11 Å². The molecule has 12 heavy (non-hydrogen) atoms. The normalized spacial score (nSPS) is 23.0. The van der Waals surface area contributed by atoms with E-state index in [0.717, 1.165) is 0 Å². The highest BCUT2D eigenvalue weighted by molar-refractivity contribution is 4.82. The van der Waals surface area contributed by atoms with E-state index in [1.54, 1.807) is 0 Å². The molecule has 0 radical (unpaired) electrons. The Morgan fingerprint density at radius 2 is 1.83 bits per heavy atom. The average Bonchev–Trinajstić information content (AvgIpc) is 2.36. The number of hydrogen-bond acceptors (Lipinski definition) is 3. The molecule has 1 saturated heterocycles. The summed E-state index contributed by atoms with van der Waals surface area (Å²) in [6.45, 7) is -0.734. The van der Waals surface area contributed by atoms with Gasteiger partial charge in [0, 0.05) is 7.11 Å². The Morgan fingerprint density at radius 3 is 2.17 bits per heavy atom. The molecule has 0 aliphatic carbocycles. The minimum atomic E-state index is -4.54. The third-order valence-corrected chi connectivity index (χ3v) is 1.52. The van der Waals surface area contributed by atoms with E-state index in [2.05, 4.69) is 14.2 Å². The molecule has 0 spiro atoms. The minimum absolute atomic E-state index is 0.0527. The molecule has 72 valence electrons. The van der Waals surface area contributed by atoms with Crippen LogP contribution >= 0.6 is 0 Å². The Hall–Kier alpha value is -0.330. The Labute approximate surface area is 67.4 Å². The number of halogens is 3. The Bertz CT molecular complexity index is 151. The molecule has 0 aromatic carbocycles. The molecule has 1 fully saturated rings. The molecular weight excluding hydrogens is 177 g/mol. The van der Waals surface area contributed by atoms with Crippen LogP contribution in [0.25, 0.3) is 0 Å². The summed E-state index contributed by atoms with van der Waals surface area (Å²) in [7, 11) is 1.17. The first-order chi connectivity index (χ1) is 5.52. The predicted molar refractivity (Wildman–Crippen MR) is 32.6 cm³/mol. The largest absolute Gasteiger partial charge is 0.445 e. The molecule has 3 nitrogen and oxygen atoms in total. The van der Waals surface area contributed by atoms with Crippen LogP contribution in [0, 0.1) is 0 Å². The first-order valence-corrected chi connectivity index (χ1v) is 3.35. The summed E-state index contributed by atoms with van der Waals surface area (Å²) in [6, 6.07) is 0. The van der Waals surface area contributed by atoms with Gasteiger partial charge in [0.1, 0.15) is 6.61 Å². The van der Waals surface area contributed by atoms with Crippen molar-refractivity contribution < 1.29 is 27.4 Å². The Kier molecular flexibility index (Phi) is 2.60. The van der Waals surface area contributed by atoms with Gasteiger partial charge in [-0.05, 0) is 0 Å². The van der Waals surface area contributed by atoms with Gasteiger partial charge in [-0.3, -0.25) is 0 Å². The van der Waals surface area contributed by atoms with Crippen molar-refractivity contribution in [2.24, 2.45) is 0 Å². The van der Waals surface area contributed by atoms with Gasteiger partial charge in [0.05, 0.1) is 13.2 Å². The number of methoxy groups -OCH3 is 1. The molecule has 0 unspecified atom stereocenters. The van der Waals surface area contributed by atoms with Gasteiger partial charge in [-0.2, -0.15) is 13.2 Å². The fourth-order valence-corrected chi connectivity index (χ4v) is 0.974. The Morgan fingerprint density at radius 1 is 1.33 bits per heavy atom. The van der Waals surface area contributed by atoms with Crippen LogP contribution in [0.15, 0.2) is 0 Å². The van der Waals surface area contributed by atoms with Gasteiger partial charge in [0.2, 0.25) is 0 Å².